The van der Waals surface area contributed by atoms with Crippen LogP contribution in [0.25, 0.3) is 0 Å². The molecule has 0 unspecified atom stereocenters. The predicted octanol–water partition coefficient (Wildman–Crippen LogP) is 2.68. The summed E-state index contributed by atoms with van der Waals surface area (Å²) in [5, 5.41) is 20.8. The van der Waals surface area contributed by atoms with Crippen LogP contribution in [-0.4, -0.2) is 42.9 Å². The molecule has 0 spiro atoms. The number of hydrogen-bond acceptors (Lipinski definition) is 5. The van der Waals surface area contributed by atoms with E-state index in [2.05, 4.69) is 0 Å². The van der Waals surface area contributed by atoms with E-state index in [1.807, 2.05) is 60.7 Å². The molecule has 2 aromatic rings. The second-order valence-electron chi connectivity index (χ2n) is 5.79. The molecule has 0 saturated carbocycles. The van der Waals surface area contributed by atoms with Crippen LogP contribution in [0.1, 0.15) is 23.7 Å². The fourth-order valence-electron chi connectivity index (χ4n) is 2.52. The molecule has 136 valence electrons. The van der Waals surface area contributed by atoms with Crippen molar-refractivity contribution in [2.75, 3.05) is 20.5 Å². The summed E-state index contributed by atoms with van der Waals surface area (Å²) in [5.74, 6) is 0. The van der Waals surface area contributed by atoms with Crippen LogP contribution in [0.3, 0.4) is 0 Å². The maximum Gasteiger partial charge on any atom is 0.147 e. The summed E-state index contributed by atoms with van der Waals surface area (Å²) in [6.07, 6.45) is -2.38. The van der Waals surface area contributed by atoms with Gasteiger partial charge in [-0.1, -0.05) is 60.7 Å². The molecule has 0 aliphatic heterocycles. The van der Waals surface area contributed by atoms with Crippen LogP contribution in [0.15, 0.2) is 60.7 Å². The normalized spacial score (nSPS) is 14.8. The number of hydrogen-bond donors (Lipinski definition) is 2. The lowest BCUT2D eigenvalue weighted by Crippen LogP contribution is -2.34. The third-order valence-corrected chi connectivity index (χ3v) is 3.87. The molecule has 2 aromatic carbocycles. The van der Waals surface area contributed by atoms with Crippen molar-refractivity contribution in [3.63, 3.8) is 0 Å². The van der Waals surface area contributed by atoms with Crippen LogP contribution in [0, 0.1) is 0 Å². The van der Waals surface area contributed by atoms with Crippen molar-refractivity contribution >= 4 is 0 Å². The average Bonchev–Trinajstić information content (AvgIpc) is 2.67. The molecule has 0 radical (unpaired) electrons. The van der Waals surface area contributed by atoms with Crippen LogP contribution < -0.4 is 0 Å². The van der Waals surface area contributed by atoms with E-state index in [1.165, 1.54) is 7.11 Å². The summed E-state index contributed by atoms with van der Waals surface area (Å²) < 4.78 is 16.1. The van der Waals surface area contributed by atoms with Crippen LogP contribution in [0.4, 0.5) is 0 Å². The van der Waals surface area contributed by atoms with Gasteiger partial charge in [0.2, 0.25) is 0 Å². The second-order valence-corrected chi connectivity index (χ2v) is 5.79. The number of aliphatic hydroxyl groups is 2. The van der Waals surface area contributed by atoms with E-state index in [0.29, 0.717) is 19.6 Å². The van der Waals surface area contributed by atoms with Crippen molar-refractivity contribution < 1.29 is 24.4 Å². The Labute approximate surface area is 148 Å². The zero-order chi connectivity index (χ0) is 17.9. The van der Waals surface area contributed by atoms with Crippen molar-refractivity contribution in [1.82, 2.24) is 0 Å². The molecule has 2 rings (SSSR count). The van der Waals surface area contributed by atoms with Crippen molar-refractivity contribution in [2.45, 2.75) is 31.3 Å². The molecule has 0 aliphatic carbocycles. The van der Waals surface area contributed by atoms with Gasteiger partial charge in [0.1, 0.15) is 19.0 Å². The SMILES string of the molecule is COCO[C@H](c1ccccc1)[C@@H](O)[C@H](O)CCOCc1ccccc1. The summed E-state index contributed by atoms with van der Waals surface area (Å²) >= 11 is 0. The monoisotopic (exact) mass is 346 g/mol. The largest absolute Gasteiger partial charge is 0.390 e. The highest BCUT2D eigenvalue weighted by Gasteiger charge is 2.28. The van der Waals surface area contributed by atoms with Crippen molar-refractivity contribution in [3.8, 4) is 0 Å². The van der Waals surface area contributed by atoms with Crippen LogP contribution in [-0.2, 0) is 20.8 Å². The molecule has 5 heteroatoms. The maximum absolute atomic E-state index is 10.5. The lowest BCUT2D eigenvalue weighted by Gasteiger charge is -2.27. The van der Waals surface area contributed by atoms with Gasteiger partial charge >= 0.3 is 0 Å². The van der Waals surface area contributed by atoms with E-state index in [0.717, 1.165) is 11.1 Å². The first-order valence-electron chi connectivity index (χ1n) is 8.35. The minimum absolute atomic E-state index is 0.0356. The van der Waals surface area contributed by atoms with Crippen molar-refractivity contribution in [3.05, 3.63) is 71.8 Å². The molecule has 5 nitrogen and oxygen atoms in total. The highest BCUT2D eigenvalue weighted by molar-refractivity contribution is 5.19. The third-order valence-electron chi connectivity index (χ3n) is 3.87. The zero-order valence-electron chi connectivity index (χ0n) is 14.5. The van der Waals surface area contributed by atoms with E-state index in [4.69, 9.17) is 14.2 Å². The summed E-state index contributed by atoms with van der Waals surface area (Å²) in [4.78, 5) is 0. The first kappa shape index (κ1) is 19.6. The smallest absolute Gasteiger partial charge is 0.147 e. The Kier molecular flexibility index (Phi) is 8.59. The maximum atomic E-state index is 10.5. The van der Waals surface area contributed by atoms with Gasteiger partial charge in [0.05, 0.1) is 12.7 Å². The highest BCUT2D eigenvalue weighted by atomic mass is 16.7. The van der Waals surface area contributed by atoms with Gasteiger partial charge in [-0.15, -0.1) is 0 Å². The molecule has 0 aromatic heterocycles. The highest BCUT2D eigenvalue weighted by Crippen LogP contribution is 2.24. The Morgan fingerprint density at radius 3 is 2.20 bits per heavy atom. The van der Waals surface area contributed by atoms with E-state index < -0.39 is 18.3 Å². The van der Waals surface area contributed by atoms with Gasteiger partial charge in [-0.3, -0.25) is 0 Å². The number of methoxy groups -OCH3 is 1. The molecule has 0 heterocycles. The van der Waals surface area contributed by atoms with E-state index in [1.54, 1.807) is 0 Å². The summed E-state index contributed by atoms with van der Waals surface area (Å²) in [7, 11) is 1.52. The summed E-state index contributed by atoms with van der Waals surface area (Å²) in [5.41, 5.74) is 1.86. The van der Waals surface area contributed by atoms with Gasteiger partial charge in [-0.05, 0) is 17.5 Å². The molecule has 25 heavy (non-hydrogen) atoms. The lowest BCUT2D eigenvalue weighted by molar-refractivity contribution is -0.143. The van der Waals surface area contributed by atoms with Gasteiger partial charge < -0.3 is 24.4 Å². The molecule has 2 N–H and O–H groups in total. The van der Waals surface area contributed by atoms with E-state index in [-0.39, 0.29) is 6.79 Å². The fraction of sp³-hybridized carbons (Fsp3) is 0.400. The minimum Gasteiger partial charge on any atom is -0.390 e. The summed E-state index contributed by atoms with van der Waals surface area (Å²) in [6, 6.07) is 19.1. The molecule has 0 aliphatic rings. The molecular formula is C20H26O5. The first-order chi connectivity index (χ1) is 12.2. The quantitative estimate of drug-likeness (QED) is 0.484. The number of aliphatic hydroxyl groups excluding tert-OH is 2. The molecular weight excluding hydrogens is 320 g/mol. The Morgan fingerprint density at radius 2 is 1.56 bits per heavy atom. The zero-order valence-corrected chi connectivity index (χ0v) is 14.5. The minimum atomic E-state index is -1.07. The third kappa shape index (κ3) is 6.57. The van der Waals surface area contributed by atoms with Crippen molar-refractivity contribution in [2.24, 2.45) is 0 Å². The van der Waals surface area contributed by atoms with Gasteiger partial charge in [-0.25, -0.2) is 0 Å². The molecule has 0 bridgehead atoms. The van der Waals surface area contributed by atoms with E-state index in [9.17, 15) is 10.2 Å². The predicted molar refractivity (Wildman–Crippen MR) is 94.9 cm³/mol. The Morgan fingerprint density at radius 1 is 0.920 bits per heavy atom. The van der Waals surface area contributed by atoms with Crippen LogP contribution >= 0.6 is 0 Å². The second kappa shape index (κ2) is 11.0. The summed E-state index contributed by atoms with van der Waals surface area (Å²) in [6.45, 7) is 0.860. The van der Waals surface area contributed by atoms with Crippen LogP contribution in [0.5, 0.6) is 0 Å². The Balaban J connectivity index is 1.83. The molecule has 0 saturated heterocycles. The van der Waals surface area contributed by atoms with Crippen LogP contribution in [0.2, 0.25) is 0 Å². The van der Waals surface area contributed by atoms with Gasteiger partial charge in [-0.2, -0.15) is 0 Å². The molecule has 3 atom stereocenters. The molecule has 0 amide bonds. The van der Waals surface area contributed by atoms with Crippen molar-refractivity contribution in [1.29, 1.82) is 0 Å². The standard InChI is InChI=1S/C20H26O5/c1-23-15-25-20(17-10-6-3-7-11-17)19(22)18(21)12-13-24-14-16-8-4-2-5-9-16/h2-11,18-22H,12-15H2,1H3/t18-,19+,20-/m1/s1. The Hall–Kier alpha value is -1.76. The first-order valence-corrected chi connectivity index (χ1v) is 8.35. The molecule has 0 fully saturated rings. The number of benzene rings is 2. The fourth-order valence-corrected chi connectivity index (χ4v) is 2.52. The topological polar surface area (TPSA) is 68.2 Å². The number of rotatable bonds is 11. The number of ether oxygens (including phenoxy) is 3. The van der Waals surface area contributed by atoms with Gasteiger partial charge in [0.25, 0.3) is 0 Å². The lowest BCUT2D eigenvalue weighted by atomic mass is 9.99. The van der Waals surface area contributed by atoms with E-state index >= 15 is 0 Å². The Bertz CT molecular complexity index is 575. The average molecular weight is 346 g/mol. The van der Waals surface area contributed by atoms with Gasteiger partial charge in [0, 0.05) is 13.7 Å². The van der Waals surface area contributed by atoms with Gasteiger partial charge in [0.15, 0.2) is 0 Å².